The van der Waals surface area contributed by atoms with Crippen LogP contribution in [-0.4, -0.2) is 25.9 Å². The smallest absolute Gasteiger partial charge is 0.127 e. The van der Waals surface area contributed by atoms with Crippen molar-refractivity contribution >= 4 is 0 Å². The molecule has 2 aliphatic heterocycles. The van der Waals surface area contributed by atoms with Crippen LogP contribution in [0.2, 0.25) is 0 Å². The Hall–Kier alpha value is -1.26. The maximum absolute atomic E-state index is 6.24. The summed E-state index contributed by atoms with van der Waals surface area (Å²) in [7, 11) is 1.66. The fourth-order valence-electron chi connectivity index (χ4n) is 2.76. The van der Waals surface area contributed by atoms with Gasteiger partial charge in [-0.15, -0.1) is 0 Å². The lowest BCUT2D eigenvalue weighted by Gasteiger charge is -2.33. The molecule has 3 atom stereocenters. The van der Waals surface area contributed by atoms with Crippen LogP contribution in [0.5, 0.6) is 11.5 Å². The lowest BCUT2D eigenvalue weighted by atomic mass is 9.94. The largest absolute Gasteiger partial charge is 0.497 e. The minimum absolute atomic E-state index is 0.00181. The van der Waals surface area contributed by atoms with Crippen LogP contribution in [-0.2, 0) is 4.74 Å². The van der Waals surface area contributed by atoms with E-state index in [2.05, 4.69) is 0 Å². The Morgan fingerprint density at radius 2 is 2.22 bits per heavy atom. The molecule has 1 aromatic carbocycles. The molecule has 2 N–H and O–H groups in total. The van der Waals surface area contributed by atoms with Gasteiger partial charge in [-0.25, -0.2) is 0 Å². The van der Waals surface area contributed by atoms with Crippen LogP contribution >= 0.6 is 0 Å². The molecular formula is C14H19NO3. The average Bonchev–Trinajstić information content (AvgIpc) is 2.92. The Morgan fingerprint density at radius 3 is 2.94 bits per heavy atom. The van der Waals surface area contributed by atoms with E-state index in [9.17, 15) is 0 Å². The number of nitrogens with two attached hydrogens (primary N) is 1. The van der Waals surface area contributed by atoms with Gasteiger partial charge in [-0.1, -0.05) is 0 Å². The molecule has 1 aromatic rings. The quantitative estimate of drug-likeness (QED) is 0.871. The fourth-order valence-corrected chi connectivity index (χ4v) is 2.76. The van der Waals surface area contributed by atoms with Gasteiger partial charge in [0.2, 0.25) is 0 Å². The number of rotatable bonds is 2. The zero-order valence-electron chi connectivity index (χ0n) is 10.6. The van der Waals surface area contributed by atoms with E-state index in [1.165, 1.54) is 0 Å². The van der Waals surface area contributed by atoms with E-state index in [1.54, 1.807) is 7.11 Å². The van der Waals surface area contributed by atoms with Crippen LogP contribution < -0.4 is 15.2 Å². The second-order valence-electron chi connectivity index (χ2n) is 4.95. The molecule has 98 valence electrons. The third kappa shape index (κ3) is 2.06. The highest BCUT2D eigenvalue weighted by Gasteiger charge is 2.34. The summed E-state index contributed by atoms with van der Waals surface area (Å²) in [4.78, 5) is 0. The van der Waals surface area contributed by atoms with E-state index in [0.717, 1.165) is 42.9 Å². The summed E-state index contributed by atoms with van der Waals surface area (Å²) in [6.45, 7) is 0.842. The van der Waals surface area contributed by atoms with E-state index < -0.39 is 0 Å². The maximum atomic E-state index is 6.24. The number of methoxy groups -OCH3 is 1. The van der Waals surface area contributed by atoms with Gasteiger partial charge in [-0.3, -0.25) is 0 Å². The third-order valence-corrected chi connectivity index (χ3v) is 3.76. The van der Waals surface area contributed by atoms with Gasteiger partial charge in [0.15, 0.2) is 0 Å². The first-order chi connectivity index (χ1) is 8.78. The van der Waals surface area contributed by atoms with Gasteiger partial charge in [0.1, 0.15) is 17.6 Å². The molecule has 0 radical (unpaired) electrons. The molecule has 2 heterocycles. The molecule has 0 aromatic heterocycles. The Kier molecular flexibility index (Phi) is 3.14. The van der Waals surface area contributed by atoms with Gasteiger partial charge in [0, 0.05) is 24.6 Å². The van der Waals surface area contributed by atoms with Crippen molar-refractivity contribution in [3.8, 4) is 11.5 Å². The summed E-state index contributed by atoms with van der Waals surface area (Å²) in [6, 6.07) is 5.81. The molecular weight excluding hydrogens is 230 g/mol. The van der Waals surface area contributed by atoms with Crippen molar-refractivity contribution in [3.63, 3.8) is 0 Å². The molecule has 18 heavy (non-hydrogen) atoms. The molecule has 0 aliphatic carbocycles. The first-order valence-corrected chi connectivity index (χ1v) is 6.49. The van der Waals surface area contributed by atoms with Crippen molar-refractivity contribution in [2.75, 3.05) is 13.7 Å². The zero-order valence-corrected chi connectivity index (χ0v) is 10.6. The van der Waals surface area contributed by atoms with Crippen molar-refractivity contribution in [1.29, 1.82) is 0 Å². The predicted molar refractivity (Wildman–Crippen MR) is 67.9 cm³/mol. The van der Waals surface area contributed by atoms with E-state index in [0.29, 0.717) is 0 Å². The number of hydrogen-bond acceptors (Lipinski definition) is 4. The van der Waals surface area contributed by atoms with Crippen molar-refractivity contribution in [3.05, 3.63) is 23.8 Å². The van der Waals surface area contributed by atoms with Crippen molar-refractivity contribution in [2.45, 2.75) is 37.5 Å². The highest BCUT2D eigenvalue weighted by Crippen LogP contribution is 2.38. The lowest BCUT2D eigenvalue weighted by Crippen LogP contribution is -2.38. The second kappa shape index (κ2) is 4.78. The predicted octanol–water partition coefficient (Wildman–Crippen LogP) is 2.03. The van der Waals surface area contributed by atoms with E-state index >= 15 is 0 Å². The summed E-state index contributed by atoms with van der Waals surface area (Å²) < 4.78 is 16.9. The minimum atomic E-state index is -0.00181. The topological polar surface area (TPSA) is 53.7 Å². The standard InChI is InChI=1S/C14H19NO3/c1-16-9-4-5-12-10(7-9)11(15)8-14(18-12)13-3-2-6-17-13/h4-5,7,11,13-14H,2-3,6,8,15H2,1H3/t11-,13?,14?/m1/s1. The van der Waals surface area contributed by atoms with Crippen molar-refractivity contribution in [1.82, 2.24) is 0 Å². The Labute approximate surface area is 107 Å². The van der Waals surface area contributed by atoms with Gasteiger partial charge >= 0.3 is 0 Å². The molecule has 4 nitrogen and oxygen atoms in total. The van der Waals surface area contributed by atoms with Crippen molar-refractivity contribution < 1.29 is 14.2 Å². The molecule has 0 saturated carbocycles. The summed E-state index contributed by atoms with van der Waals surface area (Å²) >= 11 is 0. The normalized spacial score (nSPS) is 30.7. The summed E-state index contributed by atoms with van der Waals surface area (Å²) in [5.74, 6) is 1.69. The highest BCUT2D eigenvalue weighted by atomic mass is 16.5. The highest BCUT2D eigenvalue weighted by molar-refractivity contribution is 5.43. The van der Waals surface area contributed by atoms with Crippen LogP contribution in [0.4, 0.5) is 0 Å². The number of fused-ring (bicyclic) bond motifs is 1. The first-order valence-electron chi connectivity index (χ1n) is 6.49. The second-order valence-corrected chi connectivity index (χ2v) is 4.95. The third-order valence-electron chi connectivity index (χ3n) is 3.76. The number of ether oxygens (including phenoxy) is 3. The fraction of sp³-hybridized carbons (Fsp3) is 0.571. The number of hydrogen-bond donors (Lipinski definition) is 1. The van der Waals surface area contributed by atoms with E-state index in [1.807, 2.05) is 18.2 Å². The Morgan fingerprint density at radius 1 is 1.33 bits per heavy atom. The molecule has 4 heteroatoms. The van der Waals surface area contributed by atoms with E-state index in [-0.39, 0.29) is 18.2 Å². The molecule has 0 spiro atoms. The molecule has 2 aliphatic rings. The van der Waals surface area contributed by atoms with Gasteiger partial charge in [0.25, 0.3) is 0 Å². The average molecular weight is 249 g/mol. The SMILES string of the molecule is COc1ccc2c(c1)[C@H](N)CC(C1CCCO1)O2. The summed E-state index contributed by atoms with van der Waals surface area (Å²) in [5, 5.41) is 0. The van der Waals surface area contributed by atoms with Crippen LogP contribution in [0, 0.1) is 0 Å². The zero-order chi connectivity index (χ0) is 12.5. The van der Waals surface area contributed by atoms with Crippen LogP contribution in [0.3, 0.4) is 0 Å². The first kappa shape index (κ1) is 11.8. The number of benzene rings is 1. The van der Waals surface area contributed by atoms with Crippen LogP contribution in [0.15, 0.2) is 18.2 Å². The Bertz CT molecular complexity index is 429. The minimum Gasteiger partial charge on any atom is -0.497 e. The monoisotopic (exact) mass is 249 g/mol. The summed E-state index contributed by atoms with van der Waals surface area (Å²) in [5.41, 5.74) is 7.27. The van der Waals surface area contributed by atoms with Gasteiger partial charge in [-0.05, 0) is 31.0 Å². The van der Waals surface area contributed by atoms with Gasteiger partial charge in [-0.2, -0.15) is 0 Å². The van der Waals surface area contributed by atoms with Crippen molar-refractivity contribution in [2.24, 2.45) is 5.73 Å². The van der Waals surface area contributed by atoms with Gasteiger partial charge in [0.05, 0.1) is 13.2 Å². The molecule has 3 rings (SSSR count). The molecule has 1 saturated heterocycles. The molecule has 0 amide bonds. The molecule has 0 bridgehead atoms. The van der Waals surface area contributed by atoms with Crippen LogP contribution in [0.1, 0.15) is 30.9 Å². The van der Waals surface area contributed by atoms with Gasteiger partial charge < -0.3 is 19.9 Å². The maximum Gasteiger partial charge on any atom is 0.127 e. The summed E-state index contributed by atoms with van der Waals surface area (Å²) in [6.07, 6.45) is 3.29. The Balaban J connectivity index is 1.83. The molecule has 1 fully saturated rings. The molecule has 2 unspecified atom stereocenters. The van der Waals surface area contributed by atoms with Crippen LogP contribution in [0.25, 0.3) is 0 Å². The lowest BCUT2D eigenvalue weighted by molar-refractivity contribution is -0.00199. The van der Waals surface area contributed by atoms with E-state index in [4.69, 9.17) is 19.9 Å².